The topological polar surface area (TPSA) is 67.5 Å². The molecule has 0 N–H and O–H groups in total. The Balaban J connectivity index is 1.38. The van der Waals surface area contributed by atoms with Crippen molar-refractivity contribution in [2.24, 2.45) is 5.92 Å². The summed E-state index contributed by atoms with van der Waals surface area (Å²) in [7, 11) is 0. The van der Waals surface area contributed by atoms with Gasteiger partial charge in [0.15, 0.2) is 5.82 Å². The molecule has 128 valence electrons. The predicted octanol–water partition coefficient (Wildman–Crippen LogP) is 1.60. The quantitative estimate of drug-likeness (QED) is 0.844. The van der Waals surface area contributed by atoms with Gasteiger partial charge in [0.05, 0.1) is 6.61 Å². The summed E-state index contributed by atoms with van der Waals surface area (Å²) in [6.45, 7) is 8.96. The smallest absolute Gasteiger partial charge is 0.258 e. The lowest BCUT2D eigenvalue weighted by atomic mass is 10.1. The van der Waals surface area contributed by atoms with Gasteiger partial charge in [-0.15, -0.1) is 0 Å². The molecule has 4 rings (SSSR count). The maximum absolute atomic E-state index is 5.48. The summed E-state index contributed by atoms with van der Waals surface area (Å²) in [6, 6.07) is 3.94. The largest absolute Gasteiger partial charge is 0.381 e. The van der Waals surface area contributed by atoms with E-state index >= 15 is 0 Å². The normalized spacial score (nSPS) is 22.2. The first-order chi connectivity index (χ1) is 11.8. The monoisotopic (exact) mass is 329 g/mol. The first-order valence-corrected chi connectivity index (χ1v) is 8.60. The van der Waals surface area contributed by atoms with E-state index in [1.54, 1.807) is 0 Å². The van der Waals surface area contributed by atoms with Crippen LogP contribution in [0.3, 0.4) is 0 Å². The molecule has 1 atom stereocenters. The summed E-state index contributed by atoms with van der Waals surface area (Å²) in [5.41, 5.74) is 0.922. The summed E-state index contributed by atoms with van der Waals surface area (Å²) < 4.78 is 10.7. The van der Waals surface area contributed by atoms with Crippen LogP contribution in [0.4, 0.5) is 5.82 Å². The van der Waals surface area contributed by atoms with Gasteiger partial charge < -0.3 is 14.2 Å². The highest BCUT2D eigenvalue weighted by molar-refractivity contribution is 5.58. The molecule has 1 unspecified atom stereocenters. The van der Waals surface area contributed by atoms with Crippen molar-refractivity contribution < 1.29 is 9.26 Å². The third-order valence-electron chi connectivity index (χ3n) is 4.76. The molecule has 0 amide bonds. The molecule has 2 aromatic rings. The molecule has 2 aromatic heterocycles. The van der Waals surface area contributed by atoms with E-state index in [0.717, 1.165) is 57.3 Å². The van der Waals surface area contributed by atoms with Crippen LogP contribution < -0.4 is 4.90 Å². The van der Waals surface area contributed by atoms with Crippen molar-refractivity contribution in [3.63, 3.8) is 0 Å². The standard InChI is InChI=1S/C17H23N5O2/c1-13-19-17(24-20-13)15-2-4-18-16(10-15)22-7-5-21(6-8-22)11-14-3-9-23-12-14/h2,4,10,14H,3,5-9,11-12H2,1H3. The number of aromatic nitrogens is 3. The molecule has 7 nitrogen and oxygen atoms in total. The highest BCUT2D eigenvalue weighted by Gasteiger charge is 2.23. The molecule has 2 saturated heterocycles. The Labute approximate surface area is 141 Å². The van der Waals surface area contributed by atoms with Crippen molar-refractivity contribution >= 4 is 5.82 Å². The van der Waals surface area contributed by atoms with E-state index in [4.69, 9.17) is 9.26 Å². The van der Waals surface area contributed by atoms with Crippen LogP contribution in [0.5, 0.6) is 0 Å². The summed E-state index contributed by atoms with van der Waals surface area (Å²) in [5.74, 6) is 2.88. The van der Waals surface area contributed by atoms with Crippen LogP contribution in [-0.4, -0.2) is 66.0 Å². The van der Waals surface area contributed by atoms with Gasteiger partial charge in [-0.3, -0.25) is 4.90 Å². The van der Waals surface area contributed by atoms with Gasteiger partial charge in [-0.25, -0.2) is 4.98 Å². The van der Waals surface area contributed by atoms with Crippen molar-refractivity contribution in [3.05, 3.63) is 24.2 Å². The molecule has 0 spiro atoms. The van der Waals surface area contributed by atoms with E-state index < -0.39 is 0 Å². The summed E-state index contributed by atoms with van der Waals surface area (Å²) >= 11 is 0. The average molecular weight is 329 g/mol. The number of anilines is 1. The number of piperazine rings is 1. The number of pyridine rings is 1. The second kappa shape index (κ2) is 6.86. The minimum absolute atomic E-state index is 0.552. The molecule has 24 heavy (non-hydrogen) atoms. The molecule has 2 aliphatic rings. The summed E-state index contributed by atoms with van der Waals surface area (Å²) in [4.78, 5) is 13.7. The Kier molecular flexibility index (Phi) is 4.44. The number of hydrogen-bond acceptors (Lipinski definition) is 7. The zero-order valence-electron chi connectivity index (χ0n) is 14.0. The number of hydrogen-bond donors (Lipinski definition) is 0. The fourth-order valence-corrected chi connectivity index (χ4v) is 3.39. The van der Waals surface area contributed by atoms with Gasteiger partial charge >= 0.3 is 0 Å². The van der Waals surface area contributed by atoms with E-state index in [0.29, 0.717) is 17.6 Å². The van der Waals surface area contributed by atoms with Gasteiger partial charge in [0, 0.05) is 51.1 Å². The zero-order valence-corrected chi connectivity index (χ0v) is 14.0. The third-order valence-corrected chi connectivity index (χ3v) is 4.76. The predicted molar refractivity (Wildman–Crippen MR) is 89.8 cm³/mol. The maximum atomic E-state index is 5.48. The lowest BCUT2D eigenvalue weighted by Gasteiger charge is -2.36. The van der Waals surface area contributed by atoms with E-state index in [2.05, 4.69) is 24.9 Å². The number of ether oxygens (including phenoxy) is 1. The molecule has 7 heteroatoms. The van der Waals surface area contributed by atoms with Crippen LogP contribution in [0.15, 0.2) is 22.9 Å². The highest BCUT2D eigenvalue weighted by atomic mass is 16.5. The van der Waals surface area contributed by atoms with Gasteiger partial charge in [-0.05, 0) is 31.4 Å². The molecule has 0 radical (unpaired) electrons. The molecule has 2 fully saturated rings. The lowest BCUT2D eigenvalue weighted by molar-refractivity contribution is 0.164. The molecule has 0 aliphatic carbocycles. The second-order valence-electron chi connectivity index (χ2n) is 6.57. The maximum Gasteiger partial charge on any atom is 0.258 e. The highest BCUT2D eigenvalue weighted by Crippen LogP contribution is 2.23. The summed E-state index contributed by atoms with van der Waals surface area (Å²) in [6.07, 6.45) is 3.01. The van der Waals surface area contributed by atoms with E-state index in [1.165, 1.54) is 6.42 Å². The fraction of sp³-hybridized carbons (Fsp3) is 0.588. The Bertz CT molecular complexity index is 675. The molecule has 2 aliphatic heterocycles. The second-order valence-corrected chi connectivity index (χ2v) is 6.57. The minimum atomic E-state index is 0.552. The Morgan fingerprint density at radius 3 is 2.83 bits per heavy atom. The van der Waals surface area contributed by atoms with Gasteiger partial charge in [-0.1, -0.05) is 5.16 Å². The Morgan fingerprint density at radius 2 is 2.12 bits per heavy atom. The molecular formula is C17H23N5O2. The number of aryl methyl sites for hydroxylation is 1. The van der Waals surface area contributed by atoms with Crippen LogP contribution in [-0.2, 0) is 4.74 Å². The summed E-state index contributed by atoms with van der Waals surface area (Å²) in [5, 5.41) is 3.86. The first-order valence-electron chi connectivity index (χ1n) is 8.60. The van der Waals surface area contributed by atoms with E-state index in [1.807, 2.05) is 25.3 Å². The van der Waals surface area contributed by atoms with Crippen LogP contribution >= 0.6 is 0 Å². The SMILES string of the molecule is Cc1noc(-c2ccnc(N3CCN(CC4CCOC4)CC3)c2)n1. The Hall–Kier alpha value is -1.99. The Morgan fingerprint density at radius 1 is 1.25 bits per heavy atom. The lowest BCUT2D eigenvalue weighted by Crippen LogP contribution is -2.48. The van der Waals surface area contributed by atoms with Crippen molar-refractivity contribution in [2.45, 2.75) is 13.3 Å². The van der Waals surface area contributed by atoms with Crippen molar-refractivity contribution in [2.75, 3.05) is 50.8 Å². The molecular weight excluding hydrogens is 306 g/mol. The molecule has 4 heterocycles. The van der Waals surface area contributed by atoms with Gasteiger partial charge in [0.25, 0.3) is 5.89 Å². The van der Waals surface area contributed by atoms with Crippen LogP contribution in [0.1, 0.15) is 12.2 Å². The number of nitrogens with zero attached hydrogens (tertiary/aromatic N) is 5. The minimum Gasteiger partial charge on any atom is -0.381 e. The zero-order chi connectivity index (χ0) is 16.4. The van der Waals surface area contributed by atoms with Crippen LogP contribution in [0.2, 0.25) is 0 Å². The molecule has 0 bridgehead atoms. The van der Waals surface area contributed by atoms with Crippen molar-refractivity contribution in [3.8, 4) is 11.5 Å². The van der Waals surface area contributed by atoms with E-state index in [-0.39, 0.29) is 0 Å². The van der Waals surface area contributed by atoms with Gasteiger partial charge in [0.2, 0.25) is 0 Å². The van der Waals surface area contributed by atoms with Gasteiger partial charge in [0.1, 0.15) is 5.82 Å². The average Bonchev–Trinajstić information content (AvgIpc) is 3.27. The fourth-order valence-electron chi connectivity index (χ4n) is 3.39. The van der Waals surface area contributed by atoms with Crippen molar-refractivity contribution in [1.29, 1.82) is 0 Å². The first kappa shape index (κ1) is 15.5. The third kappa shape index (κ3) is 3.42. The van der Waals surface area contributed by atoms with Gasteiger partial charge in [-0.2, -0.15) is 4.98 Å². The van der Waals surface area contributed by atoms with Crippen LogP contribution in [0, 0.1) is 12.8 Å². The van der Waals surface area contributed by atoms with E-state index in [9.17, 15) is 0 Å². The van der Waals surface area contributed by atoms with Crippen molar-refractivity contribution in [1.82, 2.24) is 20.0 Å². The molecule has 0 aromatic carbocycles. The number of rotatable bonds is 4. The van der Waals surface area contributed by atoms with Crippen LogP contribution in [0.25, 0.3) is 11.5 Å². The molecule has 0 saturated carbocycles.